The van der Waals surface area contributed by atoms with Crippen molar-refractivity contribution in [2.75, 3.05) is 24.9 Å². The number of amides is 2. The summed E-state index contributed by atoms with van der Waals surface area (Å²) < 4.78 is 16.9. The fraction of sp³-hybridized carbons (Fsp3) is 0.233. The first-order chi connectivity index (χ1) is 18.5. The summed E-state index contributed by atoms with van der Waals surface area (Å²) in [5.74, 6) is 1.74. The van der Waals surface area contributed by atoms with Crippen molar-refractivity contribution in [2.45, 2.75) is 26.7 Å². The molecule has 38 heavy (non-hydrogen) atoms. The van der Waals surface area contributed by atoms with Crippen LogP contribution in [0.3, 0.4) is 0 Å². The minimum absolute atomic E-state index is 0.289. The Kier molecular flexibility index (Phi) is 8.11. The molecule has 5 rings (SSSR count). The standard InChI is InChI=1S/C28H25N3O5.C2H6/c1-34-24-16-21-22(17-25(24)35-2)29-15-12-23(21)36-20-10-8-19(9-11-20)31-27(33)28(13-14-28)26(32)30-18-6-4-3-5-7-18;1-2/h3-12,15-17H,13-14H2,1-2H3,(H,30,32)(H,31,33);1-2H3. The van der Waals surface area contributed by atoms with Crippen LogP contribution in [0.15, 0.2) is 79.0 Å². The maximum atomic E-state index is 12.9. The maximum absolute atomic E-state index is 12.9. The van der Waals surface area contributed by atoms with E-state index in [1.165, 1.54) is 0 Å². The van der Waals surface area contributed by atoms with Crippen LogP contribution in [-0.4, -0.2) is 31.0 Å². The van der Waals surface area contributed by atoms with Crippen LogP contribution in [0.4, 0.5) is 11.4 Å². The van der Waals surface area contributed by atoms with E-state index in [0.29, 0.717) is 52.7 Å². The van der Waals surface area contributed by atoms with Crippen molar-refractivity contribution < 1.29 is 23.8 Å². The Bertz CT molecular complexity index is 1420. The highest BCUT2D eigenvalue weighted by Crippen LogP contribution is 2.47. The molecule has 1 fully saturated rings. The highest BCUT2D eigenvalue weighted by atomic mass is 16.5. The quantitative estimate of drug-likeness (QED) is 0.264. The number of pyridine rings is 1. The number of carbonyl (C=O) groups is 2. The van der Waals surface area contributed by atoms with Crippen molar-refractivity contribution in [1.82, 2.24) is 4.98 Å². The number of methoxy groups -OCH3 is 2. The van der Waals surface area contributed by atoms with E-state index >= 15 is 0 Å². The number of nitrogens with one attached hydrogen (secondary N) is 2. The van der Waals surface area contributed by atoms with Gasteiger partial charge >= 0.3 is 0 Å². The van der Waals surface area contributed by atoms with E-state index in [-0.39, 0.29) is 11.8 Å². The van der Waals surface area contributed by atoms with Gasteiger partial charge in [0, 0.05) is 29.0 Å². The van der Waals surface area contributed by atoms with Crippen LogP contribution in [0.1, 0.15) is 26.7 Å². The first-order valence-electron chi connectivity index (χ1n) is 12.5. The molecule has 0 radical (unpaired) electrons. The zero-order valence-electron chi connectivity index (χ0n) is 21.9. The van der Waals surface area contributed by atoms with E-state index < -0.39 is 5.41 Å². The Morgan fingerprint density at radius 2 is 1.34 bits per heavy atom. The zero-order valence-corrected chi connectivity index (χ0v) is 21.9. The number of aromatic nitrogens is 1. The second-order valence-corrected chi connectivity index (χ2v) is 8.52. The number of benzene rings is 3. The Hall–Kier alpha value is -4.59. The van der Waals surface area contributed by atoms with Crippen molar-refractivity contribution in [3.63, 3.8) is 0 Å². The summed E-state index contributed by atoms with van der Waals surface area (Å²) in [6.45, 7) is 4.00. The Balaban J connectivity index is 0.00000164. The molecule has 1 aromatic heterocycles. The second kappa shape index (κ2) is 11.6. The number of anilines is 2. The second-order valence-electron chi connectivity index (χ2n) is 8.52. The molecule has 1 heterocycles. The van der Waals surface area contributed by atoms with Crippen molar-refractivity contribution in [3.8, 4) is 23.0 Å². The molecule has 2 N–H and O–H groups in total. The molecule has 2 amide bonds. The highest BCUT2D eigenvalue weighted by Gasteiger charge is 2.56. The molecular weight excluding hydrogens is 482 g/mol. The lowest BCUT2D eigenvalue weighted by Crippen LogP contribution is -2.35. The molecule has 0 saturated heterocycles. The van der Waals surface area contributed by atoms with E-state index in [9.17, 15) is 9.59 Å². The van der Waals surface area contributed by atoms with Gasteiger partial charge in [-0.15, -0.1) is 0 Å². The average molecular weight is 514 g/mol. The number of nitrogens with zero attached hydrogens (tertiary/aromatic N) is 1. The number of fused-ring (bicyclic) bond motifs is 1. The number of para-hydroxylation sites is 1. The summed E-state index contributed by atoms with van der Waals surface area (Å²) in [4.78, 5) is 30.1. The molecule has 196 valence electrons. The van der Waals surface area contributed by atoms with Crippen molar-refractivity contribution in [1.29, 1.82) is 0 Å². The predicted molar refractivity (Wildman–Crippen MR) is 148 cm³/mol. The number of hydrogen-bond donors (Lipinski definition) is 2. The van der Waals surface area contributed by atoms with Gasteiger partial charge in [0.1, 0.15) is 16.9 Å². The largest absolute Gasteiger partial charge is 0.493 e. The molecule has 4 aromatic rings. The molecule has 8 nitrogen and oxygen atoms in total. The van der Waals surface area contributed by atoms with Gasteiger partial charge in [-0.05, 0) is 61.4 Å². The lowest BCUT2D eigenvalue weighted by atomic mass is 10.0. The fourth-order valence-electron chi connectivity index (χ4n) is 3.97. The summed E-state index contributed by atoms with van der Waals surface area (Å²) in [6.07, 6.45) is 2.69. The molecule has 1 aliphatic carbocycles. The predicted octanol–water partition coefficient (Wildman–Crippen LogP) is 6.43. The van der Waals surface area contributed by atoms with E-state index in [4.69, 9.17) is 14.2 Å². The van der Waals surface area contributed by atoms with E-state index in [1.807, 2.05) is 38.1 Å². The Morgan fingerprint density at radius 1 is 0.763 bits per heavy atom. The molecule has 8 heteroatoms. The van der Waals surface area contributed by atoms with Crippen LogP contribution in [-0.2, 0) is 9.59 Å². The molecule has 0 atom stereocenters. The topological polar surface area (TPSA) is 98.8 Å². The minimum Gasteiger partial charge on any atom is -0.493 e. The van der Waals surface area contributed by atoms with Crippen molar-refractivity contribution in [3.05, 3.63) is 79.0 Å². The maximum Gasteiger partial charge on any atom is 0.240 e. The number of rotatable bonds is 8. The van der Waals surface area contributed by atoms with Crippen molar-refractivity contribution >= 4 is 34.1 Å². The molecule has 0 bridgehead atoms. The molecular formula is C30H31N3O5. The van der Waals surface area contributed by atoms with E-state index in [1.54, 1.807) is 68.9 Å². The molecule has 3 aromatic carbocycles. The van der Waals surface area contributed by atoms with Crippen LogP contribution >= 0.6 is 0 Å². The molecule has 1 aliphatic rings. The first kappa shape index (κ1) is 26.5. The number of ether oxygens (including phenoxy) is 3. The third-order valence-corrected chi connectivity index (χ3v) is 6.20. The Labute approximate surface area is 221 Å². The fourth-order valence-corrected chi connectivity index (χ4v) is 3.97. The molecule has 0 unspecified atom stereocenters. The number of hydrogen-bond acceptors (Lipinski definition) is 6. The average Bonchev–Trinajstić information content (AvgIpc) is 3.78. The third-order valence-electron chi connectivity index (χ3n) is 6.20. The summed E-state index contributed by atoms with van der Waals surface area (Å²) in [5.41, 5.74) is 0.915. The molecule has 1 saturated carbocycles. The molecule has 0 aliphatic heterocycles. The smallest absolute Gasteiger partial charge is 0.240 e. The molecule has 0 spiro atoms. The van der Waals surface area contributed by atoms with Crippen LogP contribution < -0.4 is 24.8 Å². The zero-order chi connectivity index (χ0) is 27.1. The lowest BCUT2D eigenvalue weighted by molar-refractivity contribution is -0.131. The summed E-state index contributed by atoms with van der Waals surface area (Å²) >= 11 is 0. The van der Waals surface area contributed by atoms with Gasteiger partial charge in [0.25, 0.3) is 0 Å². The minimum atomic E-state index is -1.04. The van der Waals surface area contributed by atoms with Crippen LogP contribution in [0, 0.1) is 5.41 Å². The summed E-state index contributed by atoms with van der Waals surface area (Å²) in [7, 11) is 3.15. The van der Waals surface area contributed by atoms with Gasteiger partial charge in [0.2, 0.25) is 11.8 Å². The van der Waals surface area contributed by atoms with Gasteiger partial charge < -0.3 is 24.8 Å². The van der Waals surface area contributed by atoms with Gasteiger partial charge in [-0.25, -0.2) is 0 Å². The van der Waals surface area contributed by atoms with Gasteiger partial charge in [0.15, 0.2) is 11.5 Å². The normalized spacial score (nSPS) is 12.9. The van der Waals surface area contributed by atoms with E-state index in [2.05, 4.69) is 15.6 Å². The van der Waals surface area contributed by atoms with Gasteiger partial charge in [-0.1, -0.05) is 32.0 Å². The first-order valence-corrected chi connectivity index (χ1v) is 12.5. The van der Waals surface area contributed by atoms with Gasteiger partial charge in [-0.2, -0.15) is 0 Å². The van der Waals surface area contributed by atoms with E-state index in [0.717, 1.165) is 5.39 Å². The summed E-state index contributed by atoms with van der Waals surface area (Å²) in [6, 6.07) is 21.5. The van der Waals surface area contributed by atoms with Crippen LogP contribution in [0.5, 0.6) is 23.0 Å². The van der Waals surface area contributed by atoms with Gasteiger partial charge in [-0.3, -0.25) is 14.6 Å². The number of carbonyl (C=O) groups excluding carboxylic acids is 2. The van der Waals surface area contributed by atoms with Crippen LogP contribution in [0.2, 0.25) is 0 Å². The summed E-state index contributed by atoms with van der Waals surface area (Å²) in [5, 5.41) is 6.47. The Morgan fingerprint density at radius 3 is 1.92 bits per heavy atom. The van der Waals surface area contributed by atoms with Crippen molar-refractivity contribution in [2.24, 2.45) is 5.41 Å². The van der Waals surface area contributed by atoms with Crippen LogP contribution in [0.25, 0.3) is 10.9 Å². The third kappa shape index (κ3) is 5.54. The monoisotopic (exact) mass is 513 g/mol. The van der Waals surface area contributed by atoms with Gasteiger partial charge in [0.05, 0.1) is 19.7 Å². The lowest BCUT2D eigenvalue weighted by Gasteiger charge is -2.16. The SMILES string of the molecule is CC.COc1cc2nccc(Oc3ccc(NC(=O)C4(C(=O)Nc5ccccc5)CC4)cc3)c2cc1OC. The highest BCUT2D eigenvalue weighted by molar-refractivity contribution is 6.16.